The Morgan fingerprint density at radius 1 is 1.42 bits per heavy atom. The summed E-state index contributed by atoms with van der Waals surface area (Å²) in [7, 11) is 0. The van der Waals surface area contributed by atoms with Crippen LogP contribution in [0.15, 0.2) is 10.8 Å². The summed E-state index contributed by atoms with van der Waals surface area (Å²) < 4.78 is 6.44. The lowest BCUT2D eigenvalue weighted by Gasteiger charge is -2.35. The summed E-state index contributed by atoms with van der Waals surface area (Å²) in [6, 6.07) is 0. The van der Waals surface area contributed by atoms with Gasteiger partial charge >= 0.3 is 0 Å². The number of rotatable bonds is 5. The van der Waals surface area contributed by atoms with Crippen molar-refractivity contribution >= 4 is 27.6 Å². The molecule has 1 atom stereocenters. The number of aromatic nitrogens is 2. The van der Waals surface area contributed by atoms with Gasteiger partial charge < -0.3 is 15.4 Å². The van der Waals surface area contributed by atoms with Crippen LogP contribution in [0.5, 0.6) is 0 Å². The molecule has 5 nitrogen and oxygen atoms in total. The van der Waals surface area contributed by atoms with E-state index in [1.54, 1.807) is 6.33 Å². The standard InChI is InChI=1S/C13H21BrN4O/c1-3-6-15-11-10(14)12(17-9-16-11)18-13(2)5-4-7-19-8-13/h9H,3-8H2,1-2H3,(H2,15,16,17,18). The van der Waals surface area contributed by atoms with Crippen molar-refractivity contribution in [1.82, 2.24) is 9.97 Å². The summed E-state index contributed by atoms with van der Waals surface area (Å²) in [5.74, 6) is 1.65. The highest BCUT2D eigenvalue weighted by atomic mass is 79.9. The zero-order valence-electron chi connectivity index (χ0n) is 11.5. The van der Waals surface area contributed by atoms with Crippen LogP contribution in [0.1, 0.15) is 33.1 Å². The molecule has 1 aliphatic rings. The van der Waals surface area contributed by atoms with Crippen molar-refractivity contribution in [2.75, 3.05) is 30.4 Å². The molecule has 0 bridgehead atoms. The first-order valence-electron chi connectivity index (χ1n) is 6.75. The monoisotopic (exact) mass is 328 g/mol. The van der Waals surface area contributed by atoms with Crippen LogP contribution in [-0.4, -0.2) is 35.3 Å². The first-order valence-corrected chi connectivity index (χ1v) is 7.54. The fraction of sp³-hybridized carbons (Fsp3) is 0.692. The SMILES string of the molecule is CCCNc1ncnc(NC2(C)CCCOC2)c1Br. The molecule has 0 aromatic carbocycles. The Hall–Kier alpha value is -0.880. The second-order valence-corrected chi connectivity index (χ2v) is 5.95. The Bertz CT molecular complexity index is 421. The first kappa shape index (κ1) is 14.5. The molecule has 0 radical (unpaired) electrons. The molecule has 6 heteroatoms. The van der Waals surface area contributed by atoms with Crippen molar-refractivity contribution < 1.29 is 4.74 Å². The van der Waals surface area contributed by atoms with Crippen LogP contribution in [0, 0.1) is 0 Å². The average Bonchev–Trinajstić information content (AvgIpc) is 2.40. The molecule has 0 aliphatic carbocycles. The van der Waals surface area contributed by atoms with Gasteiger partial charge in [-0.25, -0.2) is 9.97 Å². The minimum absolute atomic E-state index is 0.0584. The van der Waals surface area contributed by atoms with Gasteiger partial charge in [-0.15, -0.1) is 0 Å². The number of ether oxygens (including phenoxy) is 1. The van der Waals surface area contributed by atoms with Gasteiger partial charge in [0.25, 0.3) is 0 Å². The Balaban J connectivity index is 2.11. The molecule has 1 fully saturated rings. The molecule has 0 amide bonds. The molecule has 0 spiro atoms. The smallest absolute Gasteiger partial charge is 0.146 e. The molecule has 1 aromatic heterocycles. The molecule has 2 heterocycles. The number of nitrogens with one attached hydrogen (secondary N) is 2. The van der Waals surface area contributed by atoms with E-state index in [9.17, 15) is 0 Å². The molecule has 1 aromatic rings. The zero-order valence-corrected chi connectivity index (χ0v) is 13.1. The van der Waals surface area contributed by atoms with Crippen LogP contribution in [-0.2, 0) is 4.74 Å². The van der Waals surface area contributed by atoms with E-state index in [0.29, 0.717) is 6.61 Å². The second-order valence-electron chi connectivity index (χ2n) is 5.15. The molecular weight excluding hydrogens is 308 g/mol. The predicted molar refractivity (Wildman–Crippen MR) is 80.6 cm³/mol. The van der Waals surface area contributed by atoms with Gasteiger partial charge in [-0.3, -0.25) is 0 Å². The van der Waals surface area contributed by atoms with E-state index in [4.69, 9.17) is 4.74 Å². The third-order valence-electron chi connectivity index (χ3n) is 3.19. The van der Waals surface area contributed by atoms with Crippen LogP contribution >= 0.6 is 15.9 Å². The van der Waals surface area contributed by atoms with Crippen LogP contribution in [0.2, 0.25) is 0 Å². The predicted octanol–water partition coefficient (Wildman–Crippen LogP) is 3.04. The Kier molecular flexibility index (Phi) is 4.99. The number of anilines is 2. The van der Waals surface area contributed by atoms with E-state index in [1.807, 2.05) is 0 Å². The molecule has 2 N–H and O–H groups in total. The van der Waals surface area contributed by atoms with Crippen LogP contribution in [0.3, 0.4) is 0 Å². The van der Waals surface area contributed by atoms with Gasteiger partial charge in [-0.2, -0.15) is 0 Å². The zero-order chi connectivity index (χ0) is 13.7. The fourth-order valence-corrected chi connectivity index (χ4v) is 2.59. The molecule has 19 heavy (non-hydrogen) atoms. The van der Waals surface area contributed by atoms with Gasteiger partial charge in [0.2, 0.25) is 0 Å². The molecule has 1 unspecified atom stereocenters. The summed E-state index contributed by atoms with van der Waals surface area (Å²) in [4.78, 5) is 8.57. The quantitative estimate of drug-likeness (QED) is 0.869. The molecule has 106 valence electrons. The Morgan fingerprint density at radius 2 is 2.21 bits per heavy atom. The highest BCUT2D eigenvalue weighted by Gasteiger charge is 2.28. The van der Waals surface area contributed by atoms with E-state index in [1.165, 1.54) is 0 Å². The van der Waals surface area contributed by atoms with Gasteiger partial charge in [0, 0.05) is 13.2 Å². The van der Waals surface area contributed by atoms with Crippen molar-refractivity contribution in [3.05, 3.63) is 10.8 Å². The van der Waals surface area contributed by atoms with Crippen molar-refractivity contribution in [3.8, 4) is 0 Å². The highest BCUT2D eigenvalue weighted by Crippen LogP contribution is 2.31. The topological polar surface area (TPSA) is 59.1 Å². The summed E-state index contributed by atoms with van der Waals surface area (Å²) in [5, 5.41) is 6.76. The number of hydrogen-bond acceptors (Lipinski definition) is 5. The van der Waals surface area contributed by atoms with Crippen molar-refractivity contribution in [2.45, 2.75) is 38.6 Å². The van der Waals surface area contributed by atoms with Gasteiger partial charge in [-0.05, 0) is 42.1 Å². The average molecular weight is 329 g/mol. The number of hydrogen-bond donors (Lipinski definition) is 2. The Labute approximate surface area is 122 Å². The van der Waals surface area contributed by atoms with E-state index in [-0.39, 0.29) is 5.54 Å². The normalized spacial score (nSPS) is 23.1. The van der Waals surface area contributed by atoms with E-state index < -0.39 is 0 Å². The lowest BCUT2D eigenvalue weighted by atomic mass is 9.95. The first-order chi connectivity index (χ1) is 9.14. The highest BCUT2D eigenvalue weighted by molar-refractivity contribution is 9.10. The third kappa shape index (κ3) is 3.79. The maximum absolute atomic E-state index is 5.56. The third-order valence-corrected chi connectivity index (χ3v) is 3.94. The molecule has 0 saturated carbocycles. The summed E-state index contributed by atoms with van der Waals surface area (Å²) in [5.41, 5.74) is -0.0584. The van der Waals surface area contributed by atoms with Crippen LogP contribution in [0.25, 0.3) is 0 Å². The van der Waals surface area contributed by atoms with Crippen molar-refractivity contribution in [1.29, 1.82) is 0 Å². The maximum Gasteiger partial charge on any atom is 0.146 e. The van der Waals surface area contributed by atoms with Gasteiger partial charge in [0.15, 0.2) is 0 Å². The minimum Gasteiger partial charge on any atom is -0.379 e. The van der Waals surface area contributed by atoms with Gasteiger partial charge in [-0.1, -0.05) is 6.92 Å². The van der Waals surface area contributed by atoms with E-state index in [2.05, 4.69) is 50.4 Å². The van der Waals surface area contributed by atoms with Crippen molar-refractivity contribution in [3.63, 3.8) is 0 Å². The van der Waals surface area contributed by atoms with Crippen LogP contribution in [0.4, 0.5) is 11.6 Å². The molecule has 2 rings (SSSR count). The summed E-state index contributed by atoms with van der Waals surface area (Å²) in [6.07, 6.45) is 4.80. The lowest BCUT2D eigenvalue weighted by Crippen LogP contribution is -2.43. The maximum atomic E-state index is 5.56. The lowest BCUT2D eigenvalue weighted by molar-refractivity contribution is 0.0538. The molecule has 1 aliphatic heterocycles. The van der Waals surface area contributed by atoms with Gasteiger partial charge in [0.1, 0.15) is 22.4 Å². The van der Waals surface area contributed by atoms with E-state index >= 15 is 0 Å². The largest absolute Gasteiger partial charge is 0.379 e. The number of halogens is 1. The van der Waals surface area contributed by atoms with Crippen molar-refractivity contribution in [2.24, 2.45) is 0 Å². The van der Waals surface area contributed by atoms with Gasteiger partial charge in [0.05, 0.1) is 12.1 Å². The second kappa shape index (κ2) is 6.52. The summed E-state index contributed by atoms with van der Waals surface area (Å²) in [6.45, 7) is 6.75. The van der Waals surface area contributed by atoms with Crippen LogP contribution < -0.4 is 10.6 Å². The molecule has 1 saturated heterocycles. The Morgan fingerprint density at radius 3 is 2.89 bits per heavy atom. The summed E-state index contributed by atoms with van der Waals surface area (Å²) >= 11 is 3.57. The van der Waals surface area contributed by atoms with E-state index in [0.717, 1.165) is 48.5 Å². The number of nitrogens with zero attached hydrogens (tertiary/aromatic N) is 2. The molecular formula is C13H21BrN4O. The fourth-order valence-electron chi connectivity index (χ4n) is 2.14. The minimum atomic E-state index is -0.0584.